The normalized spacial score (nSPS) is 28.4. The zero-order valence-corrected chi connectivity index (χ0v) is 14.8. The second-order valence-electron chi connectivity index (χ2n) is 6.39. The Morgan fingerprint density at radius 3 is 3.04 bits per heavy atom. The number of rotatable bonds is 4. The number of ether oxygens (including phenoxy) is 1. The minimum atomic E-state index is -3.21. The van der Waals surface area contributed by atoms with Crippen molar-refractivity contribution in [3.05, 3.63) is 22.4 Å². The maximum atomic E-state index is 12.5. The summed E-state index contributed by atoms with van der Waals surface area (Å²) in [6.07, 6.45) is 4.63. The molecule has 0 aromatic carbocycles. The van der Waals surface area contributed by atoms with E-state index in [0.717, 1.165) is 36.8 Å². The van der Waals surface area contributed by atoms with Gasteiger partial charge in [-0.3, -0.25) is 4.79 Å². The minimum absolute atomic E-state index is 0.0665. The van der Waals surface area contributed by atoms with Crippen molar-refractivity contribution in [3.63, 3.8) is 0 Å². The largest absolute Gasteiger partial charge is 0.368 e. The van der Waals surface area contributed by atoms with Crippen LogP contribution >= 0.6 is 11.3 Å². The molecule has 2 aliphatic heterocycles. The third kappa shape index (κ3) is 4.12. The fourth-order valence-corrected chi connectivity index (χ4v) is 4.57. The lowest BCUT2D eigenvalue weighted by atomic mass is 9.90. The van der Waals surface area contributed by atoms with Crippen molar-refractivity contribution in [2.45, 2.75) is 37.4 Å². The second kappa shape index (κ2) is 6.51. The van der Waals surface area contributed by atoms with Crippen molar-refractivity contribution in [1.29, 1.82) is 0 Å². The number of carbonyl (C=O) groups excluding carboxylic acids is 1. The summed E-state index contributed by atoms with van der Waals surface area (Å²) in [5.41, 5.74) is -0.310. The first kappa shape index (κ1) is 16.9. The van der Waals surface area contributed by atoms with Crippen LogP contribution in [0.1, 0.15) is 35.4 Å². The molecule has 6 nitrogen and oxygen atoms in total. The zero-order chi connectivity index (χ0) is 16.5. The molecule has 3 rings (SSSR count). The Hall–Kier alpha value is -0.960. The first-order chi connectivity index (χ1) is 10.9. The fraction of sp³-hybridized carbons (Fsp3) is 0.667. The summed E-state index contributed by atoms with van der Waals surface area (Å²) in [5, 5.41) is 1.91. The summed E-state index contributed by atoms with van der Waals surface area (Å²) in [4.78, 5) is 15.1. The van der Waals surface area contributed by atoms with E-state index < -0.39 is 10.0 Å². The smallest absolute Gasteiger partial charge is 0.264 e. The van der Waals surface area contributed by atoms with Gasteiger partial charge in [0.1, 0.15) is 0 Å². The molecule has 1 aromatic heterocycles. The number of amides is 1. The molecule has 2 saturated heterocycles. The van der Waals surface area contributed by atoms with Crippen LogP contribution in [0.2, 0.25) is 0 Å². The van der Waals surface area contributed by atoms with E-state index in [4.69, 9.17) is 4.74 Å². The Kier molecular flexibility index (Phi) is 4.78. The quantitative estimate of drug-likeness (QED) is 0.884. The summed E-state index contributed by atoms with van der Waals surface area (Å²) in [6.45, 7) is 1.60. The average molecular weight is 358 g/mol. The van der Waals surface area contributed by atoms with Gasteiger partial charge in [0, 0.05) is 13.1 Å². The maximum absolute atomic E-state index is 12.5. The number of sulfonamides is 1. The number of hydrogen-bond donors (Lipinski definition) is 1. The molecule has 0 unspecified atom stereocenters. The average Bonchev–Trinajstić information content (AvgIpc) is 3.14. The molecule has 23 heavy (non-hydrogen) atoms. The highest BCUT2D eigenvalue weighted by molar-refractivity contribution is 7.88. The molecule has 0 bridgehead atoms. The van der Waals surface area contributed by atoms with Gasteiger partial charge >= 0.3 is 0 Å². The van der Waals surface area contributed by atoms with Gasteiger partial charge in [0.15, 0.2) is 0 Å². The topological polar surface area (TPSA) is 75.7 Å². The second-order valence-corrected chi connectivity index (χ2v) is 9.17. The summed E-state index contributed by atoms with van der Waals surface area (Å²) in [6, 6.07) is 3.73. The summed E-state index contributed by atoms with van der Waals surface area (Å²) >= 11 is 1.46. The molecular weight excluding hydrogens is 336 g/mol. The highest BCUT2D eigenvalue weighted by atomic mass is 32.2. The van der Waals surface area contributed by atoms with Crippen LogP contribution in [0, 0.1) is 0 Å². The summed E-state index contributed by atoms with van der Waals surface area (Å²) in [7, 11) is -3.21. The molecule has 1 N–H and O–H groups in total. The lowest BCUT2D eigenvalue weighted by molar-refractivity contribution is -0.116. The van der Waals surface area contributed by atoms with E-state index in [9.17, 15) is 13.2 Å². The van der Waals surface area contributed by atoms with Crippen LogP contribution in [0.3, 0.4) is 0 Å². The molecule has 8 heteroatoms. The van der Waals surface area contributed by atoms with Crippen LogP contribution in [0.4, 0.5) is 0 Å². The molecule has 128 valence electrons. The Morgan fingerprint density at radius 2 is 2.35 bits per heavy atom. The van der Waals surface area contributed by atoms with Gasteiger partial charge in [0.05, 0.1) is 29.4 Å². The molecule has 2 fully saturated rings. The lowest BCUT2D eigenvalue weighted by Gasteiger charge is -2.38. The van der Waals surface area contributed by atoms with E-state index in [2.05, 4.69) is 4.72 Å². The van der Waals surface area contributed by atoms with Crippen molar-refractivity contribution in [2.75, 3.05) is 25.9 Å². The van der Waals surface area contributed by atoms with Crippen LogP contribution < -0.4 is 4.72 Å². The number of likely N-dealkylation sites (tertiary alicyclic amines) is 1. The Balaban J connectivity index is 1.61. The fourth-order valence-electron chi connectivity index (χ4n) is 3.39. The summed E-state index contributed by atoms with van der Waals surface area (Å²) in [5.74, 6) is 0.0665. The van der Waals surface area contributed by atoms with E-state index in [1.165, 1.54) is 11.3 Å². The van der Waals surface area contributed by atoms with Crippen LogP contribution in [-0.2, 0) is 14.8 Å². The van der Waals surface area contributed by atoms with Gasteiger partial charge < -0.3 is 9.64 Å². The van der Waals surface area contributed by atoms with Crippen LogP contribution in [-0.4, -0.2) is 56.8 Å². The van der Waals surface area contributed by atoms with Gasteiger partial charge in [-0.25, -0.2) is 13.1 Å². The Bertz CT molecular complexity index is 659. The Labute approximate surface area is 140 Å². The zero-order valence-electron chi connectivity index (χ0n) is 13.2. The molecule has 2 atom stereocenters. The molecule has 1 spiro atoms. The van der Waals surface area contributed by atoms with Gasteiger partial charge in [0.2, 0.25) is 10.0 Å². The van der Waals surface area contributed by atoms with Gasteiger partial charge in [0.25, 0.3) is 5.91 Å². The van der Waals surface area contributed by atoms with Crippen molar-refractivity contribution < 1.29 is 17.9 Å². The molecular formula is C15H22N2O4S2. The SMILES string of the molecule is CS(=O)(=O)NC[C@@H]1CCC[C@]2(CCN(C(=O)c3cccs3)C2)O1. The molecule has 3 heterocycles. The molecule has 0 saturated carbocycles. The first-order valence-corrected chi connectivity index (χ1v) is 10.6. The molecule has 0 radical (unpaired) electrons. The Morgan fingerprint density at radius 1 is 1.52 bits per heavy atom. The van der Waals surface area contributed by atoms with Crippen molar-refractivity contribution in [1.82, 2.24) is 9.62 Å². The van der Waals surface area contributed by atoms with Crippen LogP contribution in [0.5, 0.6) is 0 Å². The number of carbonyl (C=O) groups is 1. The van der Waals surface area contributed by atoms with E-state index in [1.807, 2.05) is 22.4 Å². The third-order valence-electron chi connectivity index (χ3n) is 4.48. The highest BCUT2D eigenvalue weighted by Crippen LogP contribution is 2.37. The number of nitrogens with zero attached hydrogens (tertiary/aromatic N) is 1. The first-order valence-electron chi connectivity index (χ1n) is 7.82. The predicted molar refractivity (Wildman–Crippen MR) is 89.1 cm³/mol. The van der Waals surface area contributed by atoms with Crippen LogP contribution in [0.15, 0.2) is 17.5 Å². The summed E-state index contributed by atoms with van der Waals surface area (Å²) < 4.78 is 31.2. The molecule has 1 aromatic rings. The van der Waals surface area contributed by atoms with E-state index in [-0.39, 0.29) is 17.6 Å². The van der Waals surface area contributed by atoms with Crippen molar-refractivity contribution >= 4 is 27.3 Å². The molecule has 1 amide bonds. The molecule has 2 aliphatic rings. The van der Waals surface area contributed by atoms with Gasteiger partial charge in [-0.05, 0) is 37.1 Å². The van der Waals surface area contributed by atoms with Crippen LogP contribution in [0.25, 0.3) is 0 Å². The number of thiophene rings is 1. The van der Waals surface area contributed by atoms with Gasteiger partial charge in [-0.2, -0.15) is 0 Å². The predicted octanol–water partition coefficient (Wildman–Crippen LogP) is 1.45. The number of hydrogen-bond acceptors (Lipinski definition) is 5. The maximum Gasteiger partial charge on any atom is 0.264 e. The van der Waals surface area contributed by atoms with Gasteiger partial charge in [-0.15, -0.1) is 11.3 Å². The highest BCUT2D eigenvalue weighted by Gasteiger charge is 2.44. The standard InChI is InChI=1S/C15H22N2O4S2/c1-23(19,20)16-10-12-4-2-6-15(21-12)7-8-17(11-15)14(18)13-5-3-9-22-13/h3,5,9,12,16H,2,4,6-8,10-11H2,1H3/t12-,15+/m0/s1. The van der Waals surface area contributed by atoms with E-state index in [0.29, 0.717) is 19.6 Å². The molecule has 0 aliphatic carbocycles. The van der Waals surface area contributed by atoms with E-state index in [1.54, 1.807) is 0 Å². The minimum Gasteiger partial charge on any atom is -0.368 e. The lowest BCUT2D eigenvalue weighted by Crippen LogP contribution is -2.47. The van der Waals surface area contributed by atoms with Crippen molar-refractivity contribution in [2.24, 2.45) is 0 Å². The van der Waals surface area contributed by atoms with Crippen molar-refractivity contribution in [3.8, 4) is 0 Å². The van der Waals surface area contributed by atoms with E-state index >= 15 is 0 Å². The monoisotopic (exact) mass is 358 g/mol. The number of nitrogens with one attached hydrogen (secondary N) is 1. The van der Waals surface area contributed by atoms with Gasteiger partial charge in [-0.1, -0.05) is 6.07 Å². The third-order valence-corrected chi connectivity index (χ3v) is 6.03.